The third kappa shape index (κ3) is 5.04. The number of pyridine rings is 1. The number of amides is 2. The summed E-state index contributed by atoms with van der Waals surface area (Å²) in [5, 5.41) is 2.96. The number of fused-ring (bicyclic) bond motifs is 2. The summed E-state index contributed by atoms with van der Waals surface area (Å²) in [5.41, 5.74) is 5.01. The molecule has 1 saturated carbocycles. The van der Waals surface area contributed by atoms with Crippen LogP contribution >= 0.6 is 0 Å². The first-order valence-electron chi connectivity index (χ1n) is 14.2. The summed E-state index contributed by atoms with van der Waals surface area (Å²) in [6, 6.07) is 10.2. The molecule has 2 amide bonds. The van der Waals surface area contributed by atoms with E-state index in [0.29, 0.717) is 42.6 Å². The summed E-state index contributed by atoms with van der Waals surface area (Å²) in [7, 11) is 0. The van der Waals surface area contributed by atoms with Crippen LogP contribution in [0.3, 0.4) is 0 Å². The highest BCUT2D eigenvalue weighted by Crippen LogP contribution is 2.40. The van der Waals surface area contributed by atoms with Gasteiger partial charge >= 0.3 is 0 Å². The number of aromatic nitrogens is 1. The van der Waals surface area contributed by atoms with Gasteiger partial charge in [0.05, 0.1) is 13.0 Å². The minimum atomic E-state index is 0.0778. The maximum absolute atomic E-state index is 13.6. The first kappa shape index (κ1) is 24.1. The van der Waals surface area contributed by atoms with Crippen molar-refractivity contribution in [2.24, 2.45) is 17.8 Å². The number of nitrogens with zero attached hydrogens (tertiary/aromatic N) is 3. The molecule has 7 rings (SSSR count). The Morgan fingerprint density at radius 3 is 2.58 bits per heavy atom. The summed E-state index contributed by atoms with van der Waals surface area (Å²) in [6.07, 6.45) is 4.81. The van der Waals surface area contributed by atoms with E-state index in [1.165, 1.54) is 5.56 Å². The third-order valence-electron chi connectivity index (χ3n) is 8.93. The van der Waals surface area contributed by atoms with Crippen LogP contribution in [0.5, 0.6) is 5.88 Å². The molecule has 1 aromatic carbocycles. The lowest BCUT2D eigenvalue weighted by atomic mass is 10.0. The van der Waals surface area contributed by atoms with Crippen molar-refractivity contribution in [2.75, 3.05) is 51.3 Å². The number of carbonyl (C=O) groups is 2. The van der Waals surface area contributed by atoms with E-state index in [1.807, 2.05) is 17.0 Å². The van der Waals surface area contributed by atoms with E-state index in [9.17, 15) is 9.59 Å². The van der Waals surface area contributed by atoms with Crippen LogP contribution in [0.4, 0.5) is 5.69 Å². The molecule has 1 aromatic heterocycles. The van der Waals surface area contributed by atoms with E-state index < -0.39 is 0 Å². The van der Waals surface area contributed by atoms with Crippen LogP contribution in [0.2, 0.25) is 0 Å². The van der Waals surface area contributed by atoms with Gasteiger partial charge in [0.1, 0.15) is 0 Å². The number of ether oxygens (including phenoxy) is 2. The Labute approximate surface area is 223 Å². The van der Waals surface area contributed by atoms with Gasteiger partial charge in [-0.1, -0.05) is 12.1 Å². The molecule has 2 atom stereocenters. The second-order valence-electron chi connectivity index (χ2n) is 11.9. The van der Waals surface area contributed by atoms with E-state index in [0.717, 1.165) is 94.1 Å². The molecular formula is C30H36N4O4. The Kier molecular flexibility index (Phi) is 6.32. The summed E-state index contributed by atoms with van der Waals surface area (Å²) in [6.45, 7) is 6.73. The highest BCUT2D eigenvalue weighted by molar-refractivity contribution is 5.99. The van der Waals surface area contributed by atoms with Crippen molar-refractivity contribution >= 4 is 17.5 Å². The smallest absolute Gasteiger partial charge is 0.254 e. The topological polar surface area (TPSA) is 84.0 Å². The maximum Gasteiger partial charge on any atom is 0.254 e. The van der Waals surface area contributed by atoms with Crippen LogP contribution in [-0.2, 0) is 22.5 Å². The number of likely N-dealkylation sites (tertiary alicyclic amines) is 2. The molecule has 1 aliphatic carbocycles. The van der Waals surface area contributed by atoms with Gasteiger partial charge in [0.2, 0.25) is 11.8 Å². The van der Waals surface area contributed by atoms with E-state index in [2.05, 4.69) is 28.4 Å². The highest BCUT2D eigenvalue weighted by Gasteiger charge is 2.42. The fourth-order valence-corrected chi connectivity index (χ4v) is 6.61. The van der Waals surface area contributed by atoms with Crippen LogP contribution in [0.1, 0.15) is 58.8 Å². The molecule has 38 heavy (non-hydrogen) atoms. The highest BCUT2D eigenvalue weighted by atomic mass is 16.5. The molecule has 5 heterocycles. The van der Waals surface area contributed by atoms with Gasteiger partial charge in [-0.2, -0.15) is 0 Å². The van der Waals surface area contributed by atoms with Gasteiger partial charge in [-0.15, -0.1) is 0 Å². The zero-order chi connectivity index (χ0) is 25.6. The van der Waals surface area contributed by atoms with Gasteiger partial charge in [-0.3, -0.25) is 14.5 Å². The second kappa shape index (κ2) is 9.97. The van der Waals surface area contributed by atoms with Crippen molar-refractivity contribution in [3.63, 3.8) is 0 Å². The van der Waals surface area contributed by atoms with Gasteiger partial charge in [-0.25, -0.2) is 4.98 Å². The normalized spacial score (nSPS) is 25.4. The number of benzene rings is 1. The first-order chi connectivity index (χ1) is 18.6. The Bertz CT molecular complexity index is 1220. The lowest BCUT2D eigenvalue weighted by Crippen LogP contribution is -2.33. The molecular weight excluding hydrogens is 480 g/mol. The van der Waals surface area contributed by atoms with Crippen LogP contribution in [0, 0.1) is 17.8 Å². The summed E-state index contributed by atoms with van der Waals surface area (Å²) >= 11 is 0. The zero-order valence-corrected chi connectivity index (χ0v) is 21.9. The molecule has 3 saturated heterocycles. The minimum absolute atomic E-state index is 0.0778. The predicted molar refractivity (Wildman–Crippen MR) is 142 cm³/mol. The molecule has 8 heteroatoms. The van der Waals surface area contributed by atoms with Crippen molar-refractivity contribution < 1.29 is 19.1 Å². The summed E-state index contributed by atoms with van der Waals surface area (Å²) in [4.78, 5) is 34.6. The van der Waals surface area contributed by atoms with E-state index in [1.54, 1.807) is 0 Å². The number of hydrogen-bond donors (Lipinski definition) is 1. The lowest BCUT2D eigenvalue weighted by molar-refractivity contribution is -0.115. The number of anilines is 1. The molecule has 0 bridgehead atoms. The number of hydrogen-bond acceptors (Lipinski definition) is 6. The Morgan fingerprint density at radius 1 is 1.03 bits per heavy atom. The van der Waals surface area contributed by atoms with Crippen LogP contribution in [0.15, 0.2) is 30.3 Å². The van der Waals surface area contributed by atoms with Gasteiger partial charge in [-0.05, 0) is 66.7 Å². The first-order valence-corrected chi connectivity index (χ1v) is 14.2. The maximum atomic E-state index is 13.6. The summed E-state index contributed by atoms with van der Waals surface area (Å²) in [5.74, 6) is 2.75. The van der Waals surface area contributed by atoms with Crippen LogP contribution in [0.25, 0.3) is 0 Å². The third-order valence-corrected chi connectivity index (χ3v) is 8.93. The molecule has 1 N–H and O–H groups in total. The van der Waals surface area contributed by atoms with Crippen LogP contribution in [-0.4, -0.2) is 72.6 Å². The van der Waals surface area contributed by atoms with Crippen molar-refractivity contribution in [3.8, 4) is 5.88 Å². The van der Waals surface area contributed by atoms with Gasteiger partial charge in [0.25, 0.3) is 5.91 Å². The van der Waals surface area contributed by atoms with Crippen molar-refractivity contribution in [2.45, 2.75) is 44.6 Å². The number of nitrogens with one attached hydrogen (secondary N) is 1. The molecule has 0 unspecified atom stereocenters. The molecule has 200 valence electrons. The minimum Gasteiger partial charge on any atom is -0.477 e. The quantitative estimate of drug-likeness (QED) is 0.607. The Balaban J connectivity index is 0.978. The van der Waals surface area contributed by atoms with Crippen molar-refractivity contribution in [3.05, 3.63) is 52.7 Å². The monoisotopic (exact) mass is 516 g/mol. The van der Waals surface area contributed by atoms with Crippen LogP contribution < -0.4 is 10.1 Å². The van der Waals surface area contributed by atoms with E-state index >= 15 is 0 Å². The van der Waals surface area contributed by atoms with Crippen molar-refractivity contribution in [1.29, 1.82) is 0 Å². The molecule has 5 aliphatic rings. The van der Waals surface area contributed by atoms with Gasteiger partial charge < -0.3 is 19.7 Å². The zero-order valence-electron chi connectivity index (χ0n) is 21.9. The average Bonchev–Trinajstić information content (AvgIpc) is 3.46. The van der Waals surface area contributed by atoms with Gasteiger partial charge in [0.15, 0.2) is 0 Å². The molecule has 2 aromatic rings. The van der Waals surface area contributed by atoms with E-state index in [-0.39, 0.29) is 11.8 Å². The molecule has 0 spiro atoms. The lowest BCUT2D eigenvalue weighted by Gasteiger charge is -2.23. The Hall–Kier alpha value is -2.97. The average molecular weight is 517 g/mol. The summed E-state index contributed by atoms with van der Waals surface area (Å²) < 4.78 is 11.6. The molecule has 0 radical (unpaired) electrons. The van der Waals surface area contributed by atoms with Gasteiger partial charge in [0, 0.05) is 74.9 Å². The standard InChI is InChI=1S/C30H36N4O4/c35-28-11-22-2-1-20(9-26(22)31-28)13-33-14-24-16-34(17-25(24)15-33)30(36)23-10-27(21-3-4-21)32-29(12-23)38-18-19-5-7-37-8-6-19/h1-2,9-10,12,19,21,24-25H,3-8,11,13-18H2,(H,31,35)/t24-,25-/m0/s1. The molecule has 4 aliphatic heterocycles. The van der Waals surface area contributed by atoms with Crippen molar-refractivity contribution in [1.82, 2.24) is 14.8 Å². The fourth-order valence-electron chi connectivity index (χ4n) is 6.61. The fraction of sp³-hybridized carbons (Fsp3) is 0.567. The number of carbonyl (C=O) groups excluding carboxylic acids is 2. The molecule has 8 nitrogen and oxygen atoms in total. The second-order valence-corrected chi connectivity index (χ2v) is 11.9. The Morgan fingerprint density at radius 2 is 1.82 bits per heavy atom. The molecule has 4 fully saturated rings. The number of rotatable bonds is 7. The SMILES string of the molecule is O=C1Cc2ccc(CN3C[C@H]4CN(C(=O)c5cc(OCC6CCOCC6)nc(C6CC6)c5)C[C@@H]4C3)cc2N1. The largest absolute Gasteiger partial charge is 0.477 e. The van der Waals surface area contributed by atoms with E-state index in [4.69, 9.17) is 14.5 Å². The predicted octanol–water partition coefficient (Wildman–Crippen LogP) is 3.46.